The average molecular weight is 208 g/mol. The Morgan fingerprint density at radius 3 is 3.07 bits per heavy atom. The first-order chi connectivity index (χ1) is 7.33. The Morgan fingerprint density at radius 1 is 1.47 bits per heavy atom. The van der Waals surface area contributed by atoms with E-state index in [2.05, 4.69) is 4.98 Å². The van der Waals surface area contributed by atoms with Crippen molar-refractivity contribution in [3.05, 3.63) is 18.3 Å². The summed E-state index contributed by atoms with van der Waals surface area (Å²) in [6.07, 6.45) is 4.85. The van der Waals surface area contributed by atoms with Gasteiger partial charge in [-0.1, -0.05) is 0 Å². The number of aromatic hydroxyl groups is 1. The molecule has 0 bridgehead atoms. The van der Waals surface area contributed by atoms with Crippen molar-refractivity contribution < 1.29 is 10.2 Å². The molecular weight excluding hydrogens is 192 g/mol. The van der Waals surface area contributed by atoms with Gasteiger partial charge in [-0.2, -0.15) is 0 Å². The standard InChI is InChI=1S/C11H16N2O2/c14-8-9-4-1-2-7-13(9)11-10(15)5-3-6-12-11/h3,5-6,9,14-15H,1-2,4,7-8H2/t9-/m1/s1. The second kappa shape index (κ2) is 4.49. The molecule has 1 aromatic heterocycles. The van der Waals surface area contributed by atoms with Crippen LogP contribution in [0, 0.1) is 0 Å². The van der Waals surface area contributed by atoms with E-state index >= 15 is 0 Å². The lowest BCUT2D eigenvalue weighted by Gasteiger charge is -2.35. The number of aliphatic hydroxyl groups excluding tert-OH is 1. The van der Waals surface area contributed by atoms with Crippen LogP contribution in [0.5, 0.6) is 5.75 Å². The van der Waals surface area contributed by atoms with Crippen molar-refractivity contribution in [1.29, 1.82) is 0 Å². The molecule has 2 heterocycles. The lowest BCUT2D eigenvalue weighted by atomic mass is 10.0. The molecule has 0 radical (unpaired) electrons. The van der Waals surface area contributed by atoms with Crippen molar-refractivity contribution >= 4 is 5.82 Å². The second-order valence-electron chi connectivity index (χ2n) is 3.87. The zero-order chi connectivity index (χ0) is 10.7. The van der Waals surface area contributed by atoms with Crippen molar-refractivity contribution in [1.82, 2.24) is 4.98 Å². The first-order valence-electron chi connectivity index (χ1n) is 5.34. The van der Waals surface area contributed by atoms with Gasteiger partial charge in [-0.15, -0.1) is 0 Å². The Kier molecular flexibility index (Phi) is 3.06. The van der Waals surface area contributed by atoms with Crippen LogP contribution in [-0.2, 0) is 0 Å². The molecule has 1 saturated heterocycles. The fourth-order valence-corrected chi connectivity index (χ4v) is 2.08. The number of aromatic nitrogens is 1. The molecule has 0 aliphatic carbocycles. The van der Waals surface area contributed by atoms with Crippen LogP contribution in [0.15, 0.2) is 18.3 Å². The first kappa shape index (κ1) is 10.2. The average Bonchev–Trinajstić information content (AvgIpc) is 2.30. The molecule has 15 heavy (non-hydrogen) atoms. The molecule has 1 fully saturated rings. The third-order valence-electron chi connectivity index (χ3n) is 2.88. The maximum atomic E-state index is 9.69. The van der Waals surface area contributed by atoms with E-state index in [-0.39, 0.29) is 18.4 Å². The van der Waals surface area contributed by atoms with Crippen molar-refractivity contribution in [2.75, 3.05) is 18.1 Å². The number of aliphatic hydroxyl groups is 1. The molecule has 2 N–H and O–H groups in total. The highest BCUT2D eigenvalue weighted by molar-refractivity contribution is 5.52. The molecule has 1 atom stereocenters. The summed E-state index contributed by atoms with van der Waals surface area (Å²) in [4.78, 5) is 6.16. The second-order valence-corrected chi connectivity index (χ2v) is 3.87. The van der Waals surface area contributed by atoms with Gasteiger partial charge in [-0.05, 0) is 31.4 Å². The van der Waals surface area contributed by atoms with Crippen LogP contribution in [0.25, 0.3) is 0 Å². The zero-order valence-corrected chi connectivity index (χ0v) is 8.63. The quantitative estimate of drug-likeness (QED) is 0.765. The van der Waals surface area contributed by atoms with E-state index in [1.165, 1.54) is 0 Å². The Balaban J connectivity index is 2.24. The summed E-state index contributed by atoms with van der Waals surface area (Å²) in [5.74, 6) is 0.786. The highest BCUT2D eigenvalue weighted by Gasteiger charge is 2.24. The van der Waals surface area contributed by atoms with Crippen molar-refractivity contribution in [3.8, 4) is 5.75 Å². The summed E-state index contributed by atoms with van der Waals surface area (Å²) < 4.78 is 0. The number of nitrogens with zero attached hydrogens (tertiary/aromatic N) is 2. The smallest absolute Gasteiger partial charge is 0.171 e. The normalized spacial score (nSPS) is 21.7. The van der Waals surface area contributed by atoms with Crippen LogP contribution in [0.3, 0.4) is 0 Å². The van der Waals surface area contributed by atoms with E-state index in [9.17, 15) is 10.2 Å². The van der Waals surface area contributed by atoms with E-state index in [1.807, 2.05) is 4.90 Å². The van der Waals surface area contributed by atoms with Gasteiger partial charge in [0.25, 0.3) is 0 Å². The van der Waals surface area contributed by atoms with Crippen LogP contribution >= 0.6 is 0 Å². The van der Waals surface area contributed by atoms with Crippen molar-refractivity contribution in [2.45, 2.75) is 25.3 Å². The zero-order valence-electron chi connectivity index (χ0n) is 8.63. The largest absolute Gasteiger partial charge is 0.504 e. The van der Waals surface area contributed by atoms with Crippen LogP contribution in [-0.4, -0.2) is 34.4 Å². The van der Waals surface area contributed by atoms with Gasteiger partial charge in [0.15, 0.2) is 11.6 Å². The summed E-state index contributed by atoms with van der Waals surface area (Å²) in [6, 6.07) is 3.43. The van der Waals surface area contributed by atoms with Gasteiger partial charge in [0.2, 0.25) is 0 Å². The molecule has 82 valence electrons. The van der Waals surface area contributed by atoms with Crippen LogP contribution in [0.1, 0.15) is 19.3 Å². The molecule has 4 nitrogen and oxygen atoms in total. The Bertz CT molecular complexity index is 330. The summed E-state index contributed by atoms with van der Waals surface area (Å²) in [5.41, 5.74) is 0. The minimum Gasteiger partial charge on any atom is -0.504 e. The van der Waals surface area contributed by atoms with Gasteiger partial charge >= 0.3 is 0 Å². The fraction of sp³-hybridized carbons (Fsp3) is 0.545. The number of anilines is 1. The van der Waals surface area contributed by atoms with Crippen LogP contribution in [0.2, 0.25) is 0 Å². The highest BCUT2D eigenvalue weighted by atomic mass is 16.3. The number of piperidine rings is 1. The van der Waals surface area contributed by atoms with Crippen LogP contribution in [0.4, 0.5) is 5.82 Å². The molecular formula is C11H16N2O2. The van der Waals surface area contributed by atoms with E-state index < -0.39 is 0 Å². The molecule has 0 amide bonds. The van der Waals surface area contributed by atoms with Gasteiger partial charge in [0, 0.05) is 12.7 Å². The Labute approximate surface area is 89.2 Å². The summed E-state index contributed by atoms with van der Waals surface area (Å²) >= 11 is 0. The van der Waals surface area contributed by atoms with E-state index in [0.717, 1.165) is 25.8 Å². The third kappa shape index (κ3) is 2.04. The summed E-state index contributed by atoms with van der Waals surface area (Å²) in [6.45, 7) is 0.978. The summed E-state index contributed by atoms with van der Waals surface area (Å²) in [7, 11) is 0. The van der Waals surface area contributed by atoms with Gasteiger partial charge in [-0.3, -0.25) is 0 Å². The Morgan fingerprint density at radius 2 is 2.33 bits per heavy atom. The van der Waals surface area contributed by atoms with Crippen molar-refractivity contribution in [3.63, 3.8) is 0 Å². The molecule has 1 aromatic rings. The lowest BCUT2D eigenvalue weighted by molar-refractivity contribution is 0.239. The first-order valence-corrected chi connectivity index (χ1v) is 5.34. The number of hydrogen-bond donors (Lipinski definition) is 2. The van der Waals surface area contributed by atoms with Gasteiger partial charge in [0.1, 0.15) is 0 Å². The topological polar surface area (TPSA) is 56.6 Å². The van der Waals surface area contributed by atoms with Crippen molar-refractivity contribution in [2.24, 2.45) is 0 Å². The molecule has 0 saturated carbocycles. The molecule has 1 aliphatic rings. The minimum atomic E-state index is 0.0968. The van der Waals surface area contributed by atoms with E-state index in [0.29, 0.717) is 5.82 Å². The fourth-order valence-electron chi connectivity index (χ4n) is 2.08. The molecule has 0 spiro atoms. The van der Waals surface area contributed by atoms with E-state index in [4.69, 9.17) is 0 Å². The number of rotatable bonds is 2. The van der Waals surface area contributed by atoms with Crippen LogP contribution < -0.4 is 4.90 Å². The van der Waals surface area contributed by atoms with E-state index in [1.54, 1.807) is 18.3 Å². The predicted octanol–water partition coefficient (Wildman–Crippen LogP) is 1.14. The minimum absolute atomic E-state index is 0.0968. The lowest BCUT2D eigenvalue weighted by Crippen LogP contribution is -2.42. The highest BCUT2D eigenvalue weighted by Crippen LogP contribution is 2.29. The number of hydrogen-bond acceptors (Lipinski definition) is 4. The maximum Gasteiger partial charge on any atom is 0.171 e. The molecule has 0 unspecified atom stereocenters. The predicted molar refractivity (Wildman–Crippen MR) is 58.0 cm³/mol. The molecule has 0 aromatic carbocycles. The Hall–Kier alpha value is -1.29. The SMILES string of the molecule is OC[C@H]1CCCCN1c1ncccc1O. The monoisotopic (exact) mass is 208 g/mol. The molecule has 4 heteroatoms. The summed E-state index contributed by atoms with van der Waals surface area (Å²) in [5, 5.41) is 19.0. The van der Waals surface area contributed by atoms with Gasteiger partial charge < -0.3 is 15.1 Å². The molecule has 1 aliphatic heterocycles. The maximum absolute atomic E-state index is 9.69. The number of pyridine rings is 1. The van der Waals surface area contributed by atoms with Gasteiger partial charge in [-0.25, -0.2) is 4.98 Å². The molecule has 2 rings (SSSR count). The van der Waals surface area contributed by atoms with Gasteiger partial charge in [0.05, 0.1) is 12.6 Å². The third-order valence-corrected chi connectivity index (χ3v) is 2.88.